The third-order valence-corrected chi connectivity index (χ3v) is 3.63. The maximum Gasteiger partial charge on any atom is 0.147 e. The topological polar surface area (TPSA) is 51.4 Å². The van der Waals surface area contributed by atoms with E-state index in [1.165, 1.54) is 0 Å². The van der Waals surface area contributed by atoms with Crippen molar-refractivity contribution in [2.24, 2.45) is 0 Å². The van der Waals surface area contributed by atoms with E-state index < -0.39 is 0 Å². The van der Waals surface area contributed by atoms with Crippen molar-refractivity contribution in [3.8, 4) is 0 Å². The summed E-state index contributed by atoms with van der Waals surface area (Å²) in [4.78, 5) is 6.69. The van der Waals surface area contributed by atoms with Crippen LogP contribution in [0.4, 0.5) is 11.5 Å². The van der Waals surface area contributed by atoms with Gasteiger partial charge in [0.15, 0.2) is 0 Å². The van der Waals surface area contributed by atoms with Crippen molar-refractivity contribution in [2.45, 2.75) is 0 Å². The minimum absolute atomic E-state index is 0.590. The van der Waals surface area contributed by atoms with E-state index in [0.717, 1.165) is 47.4 Å². The Kier molecular flexibility index (Phi) is 3.09. The number of nitrogens with two attached hydrogens (primary N) is 1. The highest BCUT2D eigenvalue weighted by Gasteiger charge is 2.15. The van der Waals surface area contributed by atoms with Crippen LogP contribution in [0, 0.1) is 0 Å². The summed E-state index contributed by atoms with van der Waals surface area (Å²) in [5, 5.41) is 1.10. The molecule has 0 unspecified atom stereocenters. The third kappa shape index (κ3) is 2.15. The second-order valence-corrected chi connectivity index (χ2v) is 5.24. The number of pyridine rings is 1. The first-order valence-corrected chi connectivity index (χ1v) is 6.72. The summed E-state index contributed by atoms with van der Waals surface area (Å²) in [5.74, 6) is 0.590. The summed E-state index contributed by atoms with van der Waals surface area (Å²) in [7, 11) is 0. The van der Waals surface area contributed by atoms with Gasteiger partial charge in [-0.1, -0.05) is 15.9 Å². The molecule has 1 aliphatic heterocycles. The number of ether oxygens (including phenoxy) is 1. The van der Waals surface area contributed by atoms with Gasteiger partial charge in [-0.3, -0.25) is 0 Å². The van der Waals surface area contributed by atoms with Crippen LogP contribution in [0.25, 0.3) is 10.9 Å². The molecular formula is C13H14BrN3O. The number of rotatable bonds is 1. The molecule has 2 N–H and O–H groups in total. The molecule has 1 saturated heterocycles. The first-order valence-electron chi connectivity index (χ1n) is 5.92. The van der Waals surface area contributed by atoms with Crippen molar-refractivity contribution in [3.05, 3.63) is 28.7 Å². The summed E-state index contributed by atoms with van der Waals surface area (Å²) in [6.45, 7) is 3.22. The molecule has 2 heterocycles. The molecule has 0 amide bonds. The fourth-order valence-corrected chi connectivity index (χ4v) is 2.59. The van der Waals surface area contributed by atoms with E-state index >= 15 is 0 Å². The van der Waals surface area contributed by atoms with E-state index in [9.17, 15) is 0 Å². The molecule has 1 aromatic carbocycles. The molecule has 1 fully saturated rings. The minimum atomic E-state index is 0.590. The Balaban J connectivity index is 2.07. The lowest BCUT2D eigenvalue weighted by molar-refractivity contribution is 0.123. The number of aromatic nitrogens is 1. The highest BCUT2D eigenvalue weighted by molar-refractivity contribution is 9.10. The first-order chi connectivity index (χ1) is 8.74. The van der Waals surface area contributed by atoms with E-state index in [-0.39, 0.29) is 0 Å². The van der Waals surface area contributed by atoms with Crippen molar-refractivity contribution < 1.29 is 4.74 Å². The van der Waals surface area contributed by atoms with Gasteiger partial charge in [0.2, 0.25) is 0 Å². The molecular weight excluding hydrogens is 294 g/mol. The quantitative estimate of drug-likeness (QED) is 0.879. The fraction of sp³-hybridized carbons (Fsp3) is 0.308. The normalized spacial score (nSPS) is 16.2. The molecule has 1 aliphatic rings. The van der Waals surface area contributed by atoms with Gasteiger partial charge in [0, 0.05) is 22.9 Å². The number of hydrogen-bond acceptors (Lipinski definition) is 4. The van der Waals surface area contributed by atoms with Gasteiger partial charge in [-0.05, 0) is 24.3 Å². The van der Waals surface area contributed by atoms with Crippen molar-refractivity contribution in [1.82, 2.24) is 4.98 Å². The molecule has 2 aromatic rings. The van der Waals surface area contributed by atoms with Gasteiger partial charge in [-0.2, -0.15) is 0 Å². The van der Waals surface area contributed by atoms with Crippen LogP contribution in [0.1, 0.15) is 0 Å². The minimum Gasteiger partial charge on any atom is -0.382 e. The number of halogens is 1. The summed E-state index contributed by atoms with van der Waals surface area (Å²) in [6.07, 6.45) is 0. The van der Waals surface area contributed by atoms with E-state index in [0.29, 0.717) is 5.82 Å². The van der Waals surface area contributed by atoms with E-state index in [1.807, 2.05) is 12.1 Å². The zero-order chi connectivity index (χ0) is 12.5. The predicted molar refractivity (Wildman–Crippen MR) is 76.9 cm³/mol. The average molecular weight is 308 g/mol. The van der Waals surface area contributed by atoms with Gasteiger partial charge in [-0.25, -0.2) is 4.98 Å². The highest BCUT2D eigenvalue weighted by Crippen LogP contribution is 2.28. The van der Waals surface area contributed by atoms with Crippen molar-refractivity contribution in [2.75, 3.05) is 36.9 Å². The second kappa shape index (κ2) is 4.74. The molecule has 0 aliphatic carbocycles. The van der Waals surface area contributed by atoms with Crippen molar-refractivity contribution in [1.29, 1.82) is 0 Å². The van der Waals surface area contributed by atoms with Gasteiger partial charge in [0.25, 0.3) is 0 Å². The van der Waals surface area contributed by atoms with Crippen LogP contribution >= 0.6 is 15.9 Å². The Morgan fingerprint density at radius 2 is 2.00 bits per heavy atom. The van der Waals surface area contributed by atoms with Crippen LogP contribution in [-0.4, -0.2) is 31.3 Å². The smallest absolute Gasteiger partial charge is 0.147 e. The number of morpholine rings is 1. The summed E-state index contributed by atoms with van der Waals surface area (Å²) >= 11 is 3.48. The number of benzene rings is 1. The third-order valence-electron chi connectivity index (χ3n) is 3.14. The van der Waals surface area contributed by atoms with Crippen LogP contribution in [0.5, 0.6) is 0 Å². The number of nitrogens with zero attached hydrogens (tertiary/aromatic N) is 2. The monoisotopic (exact) mass is 307 g/mol. The summed E-state index contributed by atoms with van der Waals surface area (Å²) in [5.41, 5.74) is 7.98. The zero-order valence-corrected chi connectivity index (χ0v) is 11.5. The maximum absolute atomic E-state index is 6.05. The summed E-state index contributed by atoms with van der Waals surface area (Å²) < 4.78 is 6.41. The molecule has 0 spiro atoms. The molecule has 18 heavy (non-hydrogen) atoms. The Bertz CT molecular complexity index is 582. The van der Waals surface area contributed by atoms with Crippen LogP contribution in [0.15, 0.2) is 28.7 Å². The second-order valence-electron chi connectivity index (χ2n) is 4.33. The lowest BCUT2D eigenvalue weighted by Crippen LogP contribution is -2.36. The van der Waals surface area contributed by atoms with Crippen molar-refractivity contribution in [3.63, 3.8) is 0 Å². The van der Waals surface area contributed by atoms with Gasteiger partial charge in [0.1, 0.15) is 5.82 Å². The van der Waals surface area contributed by atoms with Gasteiger partial charge >= 0.3 is 0 Å². The lowest BCUT2D eigenvalue weighted by atomic mass is 10.2. The molecule has 0 saturated carbocycles. The predicted octanol–water partition coefficient (Wildman–Crippen LogP) is 2.42. The van der Waals surface area contributed by atoms with Crippen LogP contribution in [0.3, 0.4) is 0 Å². The summed E-state index contributed by atoms with van der Waals surface area (Å²) in [6, 6.07) is 8.11. The Morgan fingerprint density at radius 1 is 1.22 bits per heavy atom. The molecule has 0 bridgehead atoms. The lowest BCUT2D eigenvalue weighted by Gasteiger charge is -2.29. The van der Waals surface area contributed by atoms with Crippen LogP contribution < -0.4 is 10.6 Å². The van der Waals surface area contributed by atoms with E-state index in [1.54, 1.807) is 0 Å². The Labute approximate surface area is 114 Å². The molecule has 0 radical (unpaired) electrons. The molecule has 1 aromatic heterocycles. The van der Waals surface area contributed by atoms with Gasteiger partial charge < -0.3 is 15.4 Å². The molecule has 3 rings (SSSR count). The van der Waals surface area contributed by atoms with Crippen molar-refractivity contribution >= 4 is 38.3 Å². The molecule has 5 heteroatoms. The SMILES string of the molecule is Nc1nc2ccc(Br)cc2cc1N1CCOCC1. The molecule has 94 valence electrons. The zero-order valence-electron chi connectivity index (χ0n) is 9.90. The Hall–Kier alpha value is -1.33. The standard InChI is InChI=1S/C13H14BrN3O/c14-10-1-2-11-9(7-10)8-12(13(15)16-11)17-3-5-18-6-4-17/h1-2,7-8H,3-6H2,(H2,15,16). The highest BCUT2D eigenvalue weighted by atomic mass is 79.9. The molecule has 4 nitrogen and oxygen atoms in total. The maximum atomic E-state index is 6.05. The number of fused-ring (bicyclic) bond motifs is 1. The Morgan fingerprint density at radius 3 is 2.78 bits per heavy atom. The number of nitrogen functional groups attached to an aromatic ring is 1. The van der Waals surface area contributed by atoms with Crippen LogP contribution in [0.2, 0.25) is 0 Å². The largest absolute Gasteiger partial charge is 0.382 e. The first kappa shape index (κ1) is 11.7. The van der Waals surface area contributed by atoms with Crippen LogP contribution in [-0.2, 0) is 4.74 Å². The van der Waals surface area contributed by atoms with E-state index in [2.05, 4.69) is 37.9 Å². The fourth-order valence-electron chi connectivity index (χ4n) is 2.21. The van der Waals surface area contributed by atoms with Gasteiger partial charge in [0.05, 0.1) is 24.4 Å². The molecule has 0 atom stereocenters. The van der Waals surface area contributed by atoms with Gasteiger partial charge in [-0.15, -0.1) is 0 Å². The average Bonchev–Trinajstić information content (AvgIpc) is 2.39. The number of hydrogen-bond donors (Lipinski definition) is 1. The number of anilines is 2. The van der Waals surface area contributed by atoms with E-state index in [4.69, 9.17) is 10.5 Å².